The maximum absolute atomic E-state index is 13.4. The van der Waals surface area contributed by atoms with Crippen molar-refractivity contribution in [2.24, 2.45) is 0 Å². The molecule has 3 aromatic rings. The summed E-state index contributed by atoms with van der Waals surface area (Å²) in [6.07, 6.45) is 4.55. The van der Waals surface area contributed by atoms with Crippen molar-refractivity contribution in [2.75, 3.05) is 24.3 Å². The van der Waals surface area contributed by atoms with Gasteiger partial charge < -0.3 is 20.1 Å². The Morgan fingerprint density at radius 1 is 1.24 bits per heavy atom. The van der Waals surface area contributed by atoms with Crippen LogP contribution in [-0.4, -0.2) is 29.6 Å². The minimum atomic E-state index is -0.375. The fourth-order valence-electron chi connectivity index (χ4n) is 3.42. The molecule has 0 amide bonds. The van der Waals surface area contributed by atoms with E-state index in [1.165, 1.54) is 25.6 Å². The Bertz CT molecular complexity index is 1200. The lowest BCUT2D eigenvalue weighted by molar-refractivity contribution is -0.136. The summed E-state index contributed by atoms with van der Waals surface area (Å²) in [4.78, 5) is 20.8. The summed E-state index contributed by atoms with van der Waals surface area (Å²) in [6.45, 7) is 0.859. The number of fused-ring (bicyclic) bond motifs is 1. The van der Waals surface area contributed by atoms with Gasteiger partial charge in [-0.25, -0.2) is 19.2 Å². The normalized spacial score (nSPS) is 13.0. The maximum Gasteiger partial charge on any atom is 0.333 e. The first kappa shape index (κ1) is 22.5. The van der Waals surface area contributed by atoms with Crippen LogP contribution in [0, 0.1) is 5.82 Å². The highest BCUT2D eigenvalue weighted by Gasteiger charge is 2.18. The summed E-state index contributed by atoms with van der Waals surface area (Å²) in [5.74, 6) is 0.912. The fraction of sp³-hybridized carbons (Fsp3) is 0.208. The lowest BCUT2D eigenvalue weighted by Gasteiger charge is -2.17. The number of hydrogen-bond donors (Lipinski definition) is 2. The molecule has 0 saturated carbocycles. The lowest BCUT2D eigenvalue weighted by Crippen LogP contribution is -2.13. The van der Waals surface area contributed by atoms with E-state index in [0.717, 1.165) is 6.42 Å². The van der Waals surface area contributed by atoms with Crippen LogP contribution in [0.3, 0.4) is 0 Å². The SMILES string of the molecule is COC(=O)C1=Cc2c(ncnc2Nc2ccc(OCc3cccc(F)c3)c(Cl)c2)NCCC1. The summed E-state index contributed by atoms with van der Waals surface area (Å²) >= 11 is 6.41. The number of carbonyl (C=O) groups excluding carboxylic acids is 1. The molecule has 4 rings (SSSR count). The topological polar surface area (TPSA) is 85.4 Å². The van der Waals surface area contributed by atoms with E-state index >= 15 is 0 Å². The minimum Gasteiger partial charge on any atom is -0.487 e. The van der Waals surface area contributed by atoms with Gasteiger partial charge in [-0.1, -0.05) is 23.7 Å². The van der Waals surface area contributed by atoms with Gasteiger partial charge in [-0.2, -0.15) is 0 Å². The van der Waals surface area contributed by atoms with Crippen molar-refractivity contribution in [3.8, 4) is 5.75 Å². The van der Waals surface area contributed by atoms with Gasteiger partial charge in [0.1, 0.15) is 36.1 Å². The van der Waals surface area contributed by atoms with E-state index in [2.05, 4.69) is 20.6 Å². The molecule has 0 spiro atoms. The van der Waals surface area contributed by atoms with Crippen molar-refractivity contribution >= 4 is 41.0 Å². The van der Waals surface area contributed by atoms with E-state index < -0.39 is 0 Å². The molecule has 33 heavy (non-hydrogen) atoms. The standard InChI is InChI=1S/C24H22ClFN4O3/c1-32-24(31)16-5-3-9-27-22-19(11-16)23(29-14-28-22)30-18-7-8-21(20(25)12-18)33-13-15-4-2-6-17(26)10-15/h2,4,6-8,10-12,14H,3,5,9,13H2,1H3,(H2,27,28,29,30). The summed E-state index contributed by atoms with van der Waals surface area (Å²) in [5, 5.41) is 6.88. The molecule has 2 heterocycles. The Morgan fingerprint density at radius 3 is 2.91 bits per heavy atom. The van der Waals surface area contributed by atoms with E-state index in [9.17, 15) is 9.18 Å². The quantitative estimate of drug-likeness (QED) is 0.471. The molecule has 2 aromatic carbocycles. The minimum absolute atomic E-state index is 0.191. The molecule has 0 aliphatic carbocycles. The molecular formula is C24H22ClFN4O3. The molecule has 0 radical (unpaired) electrons. The van der Waals surface area contributed by atoms with Crippen molar-refractivity contribution in [3.63, 3.8) is 0 Å². The van der Waals surface area contributed by atoms with E-state index in [4.69, 9.17) is 21.1 Å². The van der Waals surface area contributed by atoms with Crippen LogP contribution in [0.2, 0.25) is 5.02 Å². The Labute approximate surface area is 195 Å². The summed E-state index contributed by atoms with van der Waals surface area (Å²) in [7, 11) is 1.36. The van der Waals surface area contributed by atoms with Gasteiger partial charge in [0.2, 0.25) is 0 Å². The van der Waals surface area contributed by atoms with Crippen LogP contribution in [0.5, 0.6) is 5.75 Å². The van der Waals surface area contributed by atoms with E-state index in [1.807, 2.05) is 0 Å². The summed E-state index contributed by atoms with van der Waals surface area (Å²) in [5.41, 5.74) is 2.58. The molecule has 1 aromatic heterocycles. The second kappa shape index (κ2) is 10.3. The third kappa shape index (κ3) is 5.59. The molecule has 0 saturated heterocycles. The van der Waals surface area contributed by atoms with Crippen molar-refractivity contribution < 1.29 is 18.7 Å². The van der Waals surface area contributed by atoms with Crippen LogP contribution < -0.4 is 15.4 Å². The molecule has 170 valence electrons. The molecule has 0 atom stereocenters. The van der Waals surface area contributed by atoms with Crippen molar-refractivity contribution in [2.45, 2.75) is 19.4 Å². The molecule has 7 nitrogen and oxygen atoms in total. The predicted molar refractivity (Wildman–Crippen MR) is 125 cm³/mol. The number of benzene rings is 2. The third-order valence-corrected chi connectivity index (χ3v) is 5.34. The number of hydrogen-bond acceptors (Lipinski definition) is 7. The predicted octanol–water partition coefficient (Wildman–Crippen LogP) is 5.35. The Balaban J connectivity index is 1.55. The van der Waals surface area contributed by atoms with Gasteiger partial charge in [0.25, 0.3) is 0 Å². The number of ether oxygens (including phenoxy) is 2. The van der Waals surface area contributed by atoms with Crippen LogP contribution in [0.15, 0.2) is 54.4 Å². The first-order valence-corrected chi connectivity index (χ1v) is 10.7. The zero-order valence-corrected chi connectivity index (χ0v) is 18.7. The zero-order chi connectivity index (χ0) is 23.2. The highest BCUT2D eigenvalue weighted by molar-refractivity contribution is 6.32. The average molecular weight is 469 g/mol. The fourth-order valence-corrected chi connectivity index (χ4v) is 3.65. The number of nitrogens with one attached hydrogen (secondary N) is 2. The average Bonchev–Trinajstić information content (AvgIpc) is 2.79. The van der Waals surface area contributed by atoms with Crippen LogP contribution in [0.4, 0.5) is 21.7 Å². The van der Waals surface area contributed by atoms with E-state index in [1.54, 1.807) is 36.4 Å². The molecule has 0 unspecified atom stereocenters. The van der Waals surface area contributed by atoms with Crippen molar-refractivity contribution in [1.29, 1.82) is 0 Å². The number of anilines is 3. The van der Waals surface area contributed by atoms with Crippen molar-refractivity contribution in [3.05, 3.63) is 76.3 Å². The second-order valence-corrected chi connectivity index (χ2v) is 7.77. The Hall–Kier alpha value is -3.65. The van der Waals surface area contributed by atoms with Crippen LogP contribution in [0.1, 0.15) is 24.0 Å². The molecule has 9 heteroatoms. The highest BCUT2D eigenvalue weighted by Crippen LogP contribution is 2.32. The van der Waals surface area contributed by atoms with Gasteiger partial charge in [-0.3, -0.25) is 0 Å². The monoisotopic (exact) mass is 468 g/mol. The van der Waals surface area contributed by atoms with Gasteiger partial charge in [0.15, 0.2) is 0 Å². The smallest absolute Gasteiger partial charge is 0.333 e. The summed E-state index contributed by atoms with van der Waals surface area (Å²) in [6, 6.07) is 11.4. The largest absolute Gasteiger partial charge is 0.487 e. The third-order valence-electron chi connectivity index (χ3n) is 5.04. The first-order chi connectivity index (χ1) is 16.0. The number of carbonyl (C=O) groups is 1. The molecule has 1 aliphatic heterocycles. The molecule has 1 aliphatic rings. The number of esters is 1. The van der Waals surface area contributed by atoms with Gasteiger partial charge in [0.05, 0.1) is 17.7 Å². The van der Waals surface area contributed by atoms with Gasteiger partial charge in [-0.15, -0.1) is 0 Å². The molecule has 2 N–H and O–H groups in total. The molecule has 0 fully saturated rings. The highest BCUT2D eigenvalue weighted by atomic mass is 35.5. The second-order valence-electron chi connectivity index (χ2n) is 7.36. The lowest BCUT2D eigenvalue weighted by atomic mass is 10.0. The number of methoxy groups -OCH3 is 1. The number of rotatable bonds is 6. The number of aromatic nitrogens is 2. The Morgan fingerprint density at radius 2 is 2.12 bits per heavy atom. The van der Waals surface area contributed by atoms with Crippen molar-refractivity contribution in [1.82, 2.24) is 9.97 Å². The first-order valence-electron chi connectivity index (χ1n) is 10.3. The van der Waals surface area contributed by atoms with Gasteiger partial charge in [-0.05, 0) is 54.8 Å². The van der Waals surface area contributed by atoms with E-state index in [-0.39, 0.29) is 18.4 Å². The molecule has 0 bridgehead atoms. The Kier molecular flexibility index (Phi) is 7.04. The number of halogens is 2. The van der Waals surface area contributed by atoms with Gasteiger partial charge >= 0.3 is 5.97 Å². The summed E-state index contributed by atoms with van der Waals surface area (Å²) < 4.78 is 24.0. The van der Waals surface area contributed by atoms with Gasteiger partial charge in [0, 0.05) is 17.8 Å². The van der Waals surface area contributed by atoms with Crippen LogP contribution in [-0.2, 0) is 16.1 Å². The van der Waals surface area contributed by atoms with Crippen LogP contribution in [0.25, 0.3) is 6.08 Å². The maximum atomic E-state index is 13.4. The zero-order valence-electron chi connectivity index (χ0n) is 17.9. The van der Waals surface area contributed by atoms with E-state index in [0.29, 0.717) is 57.8 Å². The molecular weight excluding hydrogens is 447 g/mol. The van der Waals surface area contributed by atoms with Crippen LogP contribution >= 0.6 is 11.6 Å². The number of nitrogens with zero attached hydrogens (tertiary/aromatic N) is 2.